The van der Waals surface area contributed by atoms with E-state index < -0.39 is 5.97 Å². The first kappa shape index (κ1) is 14.1. The molecule has 1 aliphatic heterocycles. The Kier molecular flexibility index (Phi) is 4.24. The number of carboxylic acid groups (broad SMARTS) is 1. The van der Waals surface area contributed by atoms with E-state index in [2.05, 4.69) is 15.9 Å². The summed E-state index contributed by atoms with van der Waals surface area (Å²) in [5.41, 5.74) is 1.68. The lowest BCUT2D eigenvalue weighted by atomic mass is 9.96. The quantitative estimate of drug-likeness (QED) is 0.909. The van der Waals surface area contributed by atoms with E-state index in [1.54, 1.807) is 11.0 Å². The molecule has 1 heterocycles. The Bertz CT molecular complexity index is 507. The van der Waals surface area contributed by atoms with Crippen LogP contribution in [0, 0.1) is 12.8 Å². The third-order valence-electron chi connectivity index (χ3n) is 3.54. The van der Waals surface area contributed by atoms with Gasteiger partial charge >= 0.3 is 5.97 Å². The number of carbonyl (C=O) groups excluding carboxylic acids is 1. The maximum Gasteiger partial charge on any atom is 0.306 e. The van der Waals surface area contributed by atoms with E-state index in [0.29, 0.717) is 31.5 Å². The van der Waals surface area contributed by atoms with Gasteiger partial charge in [0.05, 0.1) is 5.92 Å². The largest absolute Gasteiger partial charge is 0.481 e. The number of likely N-dealkylation sites (tertiary alicyclic amines) is 1. The Labute approximate surface area is 120 Å². The number of carboxylic acids is 1. The summed E-state index contributed by atoms with van der Waals surface area (Å²) in [5, 5.41) is 8.94. The van der Waals surface area contributed by atoms with Gasteiger partial charge in [-0.25, -0.2) is 0 Å². The van der Waals surface area contributed by atoms with Gasteiger partial charge in [-0.2, -0.15) is 0 Å². The number of nitrogens with zero attached hydrogens (tertiary/aromatic N) is 1. The molecule has 1 fully saturated rings. The summed E-state index contributed by atoms with van der Waals surface area (Å²) in [6, 6.07) is 5.52. The van der Waals surface area contributed by atoms with Crippen molar-refractivity contribution in [1.82, 2.24) is 4.90 Å². The molecular formula is C14H16BrNO3. The van der Waals surface area contributed by atoms with Crippen molar-refractivity contribution < 1.29 is 14.7 Å². The van der Waals surface area contributed by atoms with Crippen LogP contribution in [0.1, 0.15) is 28.8 Å². The third kappa shape index (κ3) is 3.15. The van der Waals surface area contributed by atoms with E-state index in [-0.39, 0.29) is 11.8 Å². The lowest BCUT2D eigenvalue weighted by molar-refractivity contribution is -0.143. The van der Waals surface area contributed by atoms with Crippen LogP contribution in [-0.2, 0) is 4.79 Å². The van der Waals surface area contributed by atoms with Crippen LogP contribution >= 0.6 is 15.9 Å². The third-order valence-corrected chi connectivity index (χ3v) is 4.43. The molecule has 1 N–H and O–H groups in total. The molecular weight excluding hydrogens is 310 g/mol. The van der Waals surface area contributed by atoms with Gasteiger partial charge in [-0.05, 0) is 43.5 Å². The standard InChI is InChI=1S/C14H16BrNO3/c1-9-8-11(2-3-12(9)15)13(17)16-6-4-10(5-7-16)14(18)19/h2-3,8,10H,4-7H2,1H3,(H,18,19). The number of aryl methyl sites for hydroxylation is 1. The lowest BCUT2D eigenvalue weighted by Crippen LogP contribution is -2.40. The molecule has 1 saturated heterocycles. The highest BCUT2D eigenvalue weighted by Gasteiger charge is 2.27. The van der Waals surface area contributed by atoms with Crippen molar-refractivity contribution in [3.05, 3.63) is 33.8 Å². The van der Waals surface area contributed by atoms with Crippen LogP contribution < -0.4 is 0 Å². The topological polar surface area (TPSA) is 57.6 Å². The fourth-order valence-electron chi connectivity index (χ4n) is 2.29. The van der Waals surface area contributed by atoms with Gasteiger partial charge in [0, 0.05) is 23.1 Å². The highest BCUT2D eigenvalue weighted by Crippen LogP contribution is 2.21. The van der Waals surface area contributed by atoms with Crippen LogP contribution in [0.4, 0.5) is 0 Å². The van der Waals surface area contributed by atoms with Gasteiger partial charge < -0.3 is 10.0 Å². The second-order valence-electron chi connectivity index (χ2n) is 4.87. The molecule has 1 amide bonds. The zero-order valence-corrected chi connectivity index (χ0v) is 12.3. The minimum absolute atomic E-state index is 0.0144. The molecule has 0 aliphatic carbocycles. The van der Waals surface area contributed by atoms with Gasteiger partial charge in [-0.3, -0.25) is 9.59 Å². The van der Waals surface area contributed by atoms with Crippen molar-refractivity contribution in [2.45, 2.75) is 19.8 Å². The fourth-order valence-corrected chi connectivity index (χ4v) is 2.54. The molecule has 0 saturated carbocycles. The number of amides is 1. The molecule has 0 aromatic heterocycles. The minimum atomic E-state index is -0.758. The molecule has 0 radical (unpaired) electrons. The van der Waals surface area contributed by atoms with Crippen molar-refractivity contribution in [1.29, 1.82) is 0 Å². The molecule has 1 aliphatic rings. The van der Waals surface area contributed by atoms with E-state index in [1.807, 2.05) is 19.1 Å². The number of aliphatic carboxylic acids is 1. The molecule has 1 aromatic rings. The van der Waals surface area contributed by atoms with Crippen molar-refractivity contribution in [2.75, 3.05) is 13.1 Å². The maximum absolute atomic E-state index is 12.3. The minimum Gasteiger partial charge on any atom is -0.481 e. The van der Waals surface area contributed by atoms with Gasteiger partial charge in [0.15, 0.2) is 0 Å². The molecule has 2 rings (SSSR count). The second kappa shape index (κ2) is 5.74. The number of carbonyl (C=O) groups is 2. The monoisotopic (exact) mass is 325 g/mol. The zero-order valence-electron chi connectivity index (χ0n) is 10.7. The molecule has 0 spiro atoms. The molecule has 5 heteroatoms. The number of hydrogen-bond acceptors (Lipinski definition) is 2. The van der Waals surface area contributed by atoms with E-state index in [9.17, 15) is 9.59 Å². The Morgan fingerprint density at radius 3 is 2.47 bits per heavy atom. The van der Waals surface area contributed by atoms with Crippen LogP contribution in [0.25, 0.3) is 0 Å². The van der Waals surface area contributed by atoms with Gasteiger partial charge in [0.2, 0.25) is 0 Å². The molecule has 0 unspecified atom stereocenters. The van der Waals surface area contributed by atoms with E-state index in [1.165, 1.54) is 0 Å². The number of hydrogen-bond donors (Lipinski definition) is 1. The molecule has 0 bridgehead atoms. The van der Waals surface area contributed by atoms with E-state index in [4.69, 9.17) is 5.11 Å². The number of halogens is 1. The molecule has 0 atom stereocenters. The first-order chi connectivity index (χ1) is 8.99. The molecule has 1 aromatic carbocycles. The van der Waals surface area contributed by atoms with Gasteiger partial charge in [0.25, 0.3) is 5.91 Å². The number of benzene rings is 1. The smallest absolute Gasteiger partial charge is 0.306 e. The number of rotatable bonds is 2. The van der Waals surface area contributed by atoms with Crippen LogP contribution in [0.15, 0.2) is 22.7 Å². The summed E-state index contributed by atoms with van der Waals surface area (Å²) in [6.45, 7) is 2.98. The Balaban J connectivity index is 2.05. The van der Waals surface area contributed by atoms with Crippen LogP contribution in [0.3, 0.4) is 0 Å². The van der Waals surface area contributed by atoms with Crippen molar-refractivity contribution in [2.24, 2.45) is 5.92 Å². The SMILES string of the molecule is Cc1cc(C(=O)N2CCC(C(=O)O)CC2)ccc1Br. The predicted molar refractivity (Wildman–Crippen MR) is 75.1 cm³/mol. The maximum atomic E-state index is 12.3. The average Bonchev–Trinajstić information content (AvgIpc) is 2.41. The van der Waals surface area contributed by atoms with Gasteiger partial charge in [-0.15, -0.1) is 0 Å². The molecule has 4 nitrogen and oxygen atoms in total. The normalized spacial score (nSPS) is 16.4. The van der Waals surface area contributed by atoms with Crippen LogP contribution in [0.2, 0.25) is 0 Å². The average molecular weight is 326 g/mol. The highest BCUT2D eigenvalue weighted by molar-refractivity contribution is 9.10. The summed E-state index contributed by atoms with van der Waals surface area (Å²) < 4.78 is 0.980. The fraction of sp³-hybridized carbons (Fsp3) is 0.429. The first-order valence-electron chi connectivity index (χ1n) is 6.27. The molecule has 19 heavy (non-hydrogen) atoms. The van der Waals surface area contributed by atoms with Crippen molar-refractivity contribution >= 4 is 27.8 Å². The lowest BCUT2D eigenvalue weighted by Gasteiger charge is -2.30. The molecule has 102 valence electrons. The Hall–Kier alpha value is -1.36. The van der Waals surface area contributed by atoms with Crippen molar-refractivity contribution in [3.8, 4) is 0 Å². The Morgan fingerprint density at radius 2 is 1.95 bits per heavy atom. The van der Waals surface area contributed by atoms with Gasteiger partial charge in [0.1, 0.15) is 0 Å². The summed E-state index contributed by atoms with van der Waals surface area (Å²) in [6.07, 6.45) is 1.08. The summed E-state index contributed by atoms with van der Waals surface area (Å²) >= 11 is 3.41. The zero-order chi connectivity index (χ0) is 14.0. The second-order valence-corrected chi connectivity index (χ2v) is 5.72. The predicted octanol–water partition coefficient (Wildman–Crippen LogP) is 2.69. The van der Waals surface area contributed by atoms with Crippen LogP contribution in [0.5, 0.6) is 0 Å². The highest BCUT2D eigenvalue weighted by atomic mass is 79.9. The first-order valence-corrected chi connectivity index (χ1v) is 7.06. The van der Waals surface area contributed by atoms with E-state index in [0.717, 1.165) is 10.0 Å². The Morgan fingerprint density at radius 1 is 1.32 bits per heavy atom. The van der Waals surface area contributed by atoms with E-state index >= 15 is 0 Å². The summed E-state index contributed by atoms with van der Waals surface area (Å²) in [5.74, 6) is -1.08. The number of piperidine rings is 1. The summed E-state index contributed by atoms with van der Waals surface area (Å²) in [4.78, 5) is 24.9. The van der Waals surface area contributed by atoms with Crippen molar-refractivity contribution in [3.63, 3.8) is 0 Å². The van der Waals surface area contributed by atoms with Gasteiger partial charge in [-0.1, -0.05) is 15.9 Å². The van der Waals surface area contributed by atoms with Crippen LogP contribution in [-0.4, -0.2) is 35.0 Å². The summed E-state index contributed by atoms with van der Waals surface area (Å²) in [7, 11) is 0.